The molecule has 4 rings (SSSR count). The Bertz CT molecular complexity index is 928. The molecule has 1 aliphatic rings. The van der Waals surface area contributed by atoms with E-state index in [2.05, 4.69) is 0 Å². The number of nitro groups is 1. The molecule has 25 heavy (non-hydrogen) atoms. The van der Waals surface area contributed by atoms with Crippen molar-refractivity contribution < 1.29 is 14.5 Å². The molecule has 0 fully saturated rings. The highest BCUT2D eigenvalue weighted by atomic mass is 16.6. The maximum Gasteiger partial charge on any atom is 0.340 e. The number of benzene rings is 3. The fraction of sp³-hybridized carbons (Fsp3) is 0.0500. The van der Waals surface area contributed by atoms with E-state index in [1.54, 1.807) is 6.07 Å². The van der Waals surface area contributed by atoms with Gasteiger partial charge >= 0.3 is 5.97 Å². The number of hydrogen-bond donors (Lipinski definition) is 0. The molecule has 0 amide bonds. The standard InChI is InChI=1S/C20H13NO4/c22-19-17-13-16(21(23)24)11-12-18(17)20(25-19,14-7-3-1-4-8-14)15-9-5-2-6-10-15/h1-13H. The summed E-state index contributed by atoms with van der Waals surface area (Å²) in [5.74, 6) is -0.564. The molecule has 1 aliphatic heterocycles. The van der Waals surface area contributed by atoms with Gasteiger partial charge in [-0.2, -0.15) is 0 Å². The largest absolute Gasteiger partial charge is 0.441 e. The normalized spacial score (nSPS) is 14.6. The summed E-state index contributed by atoms with van der Waals surface area (Å²) in [6.07, 6.45) is 0. The van der Waals surface area contributed by atoms with Crippen LogP contribution in [0.2, 0.25) is 0 Å². The first-order valence-corrected chi connectivity index (χ1v) is 7.76. The molecular weight excluding hydrogens is 318 g/mol. The van der Waals surface area contributed by atoms with Crippen LogP contribution in [-0.2, 0) is 10.3 Å². The van der Waals surface area contributed by atoms with Gasteiger partial charge in [-0.3, -0.25) is 10.1 Å². The van der Waals surface area contributed by atoms with Gasteiger partial charge in [-0.15, -0.1) is 0 Å². The van der Waals surface area contributed by atoms with E-state index in [0.29, 0.717) is 5.56 Å². The highest BCUT2D eigenvalue weighted by Crippen LogP contribution is 2.47. The number of rotatable bonds is 3. The predicted octanol–water partition coefficient (Wildman–Crippen LogP) is 4.06. The number of esters is 1. The van der Waals surface area contributed by atoms with E-state index in [9.17, 15) is 14.9 Å². The van der Waals surface area contributed by atoms with Crippen LogP contribution in [0.15, 0.2) is 78.9 Å². The number of ether oxygens (including phenoxy) is 1. The second kappa shape index (κ2) is 5.56. The van der Waals surface area contributed by atoms with E-state index in [4.69, 9.17) is 4.74 Å². The van der Waals surface area contributed by atoms with Crippen LogP contribution in [-0.4, -0.2) is 10.9 Å². The van der Waals surface area contributed by atoms with Crippen LogP contribution >= 0.6 is 0 Å². The Hall–Kier alpha value is -3.47. The van der Waals surface area contributed by atoms with Gasteiger partial charge in [-0.25, -0.2) is 4.79 Å². The first kappa shape index (κ1) is 15.1. The molecule has 5 nitrogen and oxygen atoms in total. The van der Waals surface area contributed by atoms with Crippen LogP contribution in [0, 0.1) is 10.1 Å². The number of nitro benzene ring substituents is 1. The van der Waals surface area contributed by atoms with E-state index in [-0.39, 0.29) is 11.3 Å². The van der Waals surface area contributed by atoms with E-state index in [0.717, 1.165) is 11.1 Å². The van der Waals surface area contributed by atoms with Crippen molar-refractivity contribution in [2.24, 2.45) is 0 Å². The first-order chi connectivity index (χ1) is 12.1. The molecule has 0 radical (unpaired) electrons. The predicted molar refractivity (Wildman–Crippen MR) is 91.3 cm³/mol. The summed E-state index contributed by atoms with van der Waals surface area (Å²) < 4.78 is 5.86. The highest BCUT2D eigenvalue weighted by Gasteiger charge is 2.48. The molecule has 3 aromatic rings. The Morgan fingerprint density at radius 2 is 1.40 bits per heavy atom. The van der Waals surface area contributed by atoms with E-state index in [1.165, 1.54) is 12.1 Å². The third kappa shape index (κ3) is 2.21. The Morgan fingerprint density at radius 1 is 0.840 bits per heavy atom. The van der Waals surface area contributed by atoms with Gasteiger partial charge in [0, 0.05) is 28.8 Å². The fourth-order valence-corrected chi connectivity index (χ4v) is 3.31. The molecule has 0 atom stereocenters. The van der Waals surface area contributed by atoms with Crippen molar-refractivity contribution in [3.05, 3.63) is 111 Å². The van der Waals surface area contributed by atoms with Gasteiger partial charge in [-0.05, 0) is 6.07 Å². The molecule has 0 spiro atoms. The van der Waals surface area contributed by atoms with Crippen molar-refractivity contribution in [3.63, 3.8) is 0 Å². The van der Waals surface area contributed by atoms with Gasteiger partial charge in [-0.1, -0.05) is 60.7 Å². The molecule has 0 unspecified atom stereocenters. The first-order valence-electron chi connectivity index (χ1n) is 7.76. The zero-order valence-electron chi connectivity index (χ0n) is 13.1. The van der Waals surface area contributed by atoms with Crippen molar-refractivity contribution in [2.45, 2.75) is 5.60 Å². The van der Waals surface area contributed by atoms with Crippen LogP contribution in [0.4, 0.5) is 5.69 Å². The van der Waals surface area contributed by atoms with Crippen LogP contribution < -0.4 is 0 Å². The maximum atomic E-state index is 12.6. The topological polar surface area (TPSA) is 69.4 Å². The third-order valence-corrected chi connectivity index (χ3v) is 4.42. The number of hydrogen-bond acceptors (Lipinski definition) is 4. The number of carbonyl (C=O) groups is 1. The number of cyclic esters (lactones) is 1. The van der Waals surface area contributed by atoms with Gasteiger partial charge in [0.05, 0.1) is 10.5 Å². The van der Waals surface area contributed by atoms with Crippen LogP contribution in [0.3, 0.4) is 0 Å². The molecule has 0 saturated heterocycles. The quantitative estimate of drug-likeness (QED) is 0.412. The smallest absolute Gasteiger partial charge is 0.340 e. The second-order valence-electron chi connectivity index (χ2n) is 5.79. The maximum absolute atomic E-state index is 12.6. The summed E-state index contributed by atoms with van der Waals surface area (Å²) in [6.45, 7) is 0. The van der Waals surface area contributed by atoms with Gasteiger partial charge in [0.25, 0.3) is 5.69 Å². The fourth-order valence-electron chi connectivity index (χ4n) is 3.31. The summed E-state index contributed by atoms with van der Waals surface area (Å²) >= 11 is 0. The molecule has 1 heterocycles. The third-order valence-electron chi connectivity index (χ3n) is 4.42. The molecule has 0 aliphatic carbocycles. The average Bonchev–Trinajstić information content (AvgIpc) is 2.96. The van der Waals surface area contributed by atoms with Crippen LogP contribution in [0.25, 0.3) is 0 Å². The van der Waals surface area contributed by atoms with Crippen molar-refractivity contribution in [2.75, 3.05) is 0 Å². The highest BCUT2D eigenvalue weighted by molar-refractivity contribution is 5.97. The lowest BCUT2D eigenvalue weighted by atomic mass is 9.80. The second-order valence-corrected chi connectivity index (χ2v) is 5.79. The molecular formula is C20H13NO4. The summed E-state index contributed by atoms with van der Waals surface area (Å²) in [5.41, 5.74) is 1.18. The van der Waals surface area contributed by atoms with Crippen molar-refractivity contribution in [1.29, 1.82) is 0 Å². The SMILES string of the molecule is O=C1OC(c2ccccc2)(c2ccccc2)c2ccc([N+](=O)[O-])cc21. The van der Waals surface area contributed by atoms with Gasteiger partial charge in [0.1, 0.15) is 0 Å². The Balaban J connectivity index is 2.03. The summed E-state index contributed by atoms with van der Waals surface area (Å²) in [5, 5.41) is 11.1. The molecule has 0 aromatic heterocycles. The van der Waals surface area contributed by atoms with Crippen molar-refractivity contribution in [3.8, 4) is 0 Å². The Kier molecular flexibility index (Phi) is 3.35. The zero-order valence-corrected chi connectivity index (χ0v) is 13.1. The molecule has 5 heteroatoms. The van der Waals surface area contributed by atoms with Gasteiger partial charge < -0.3 is 4.74 Å². The lowest BCUT2D eigenvalue weighted by Crippen LogP contribution is -2.29. The lowest BCUT2D eigenvalue weighted by Gasteiger charge is -2.30. The molecule has 0 N–H and O–H groups in total. The lowest BCUT2D eigenvalue weighted by molar-refractivity contribution is -0.384. The Labute approximate surface area is 143 Å². The molecule has 122 valence electrons. The zero-order chi connectivity index (χ0) is 17.4. The van der Waals surface area contributed by atoms with E-state index < -0.39 is 16.5 Å². The minimum absolute atomic E-state index is 0.132. The van der Waals surface area contributed by atoms with Crippen molar-refractivity contribution in [1.82, 2.24) is 0 Å². The number of fused-ring (bicyclic) bond motifs is 1. The number of nitrogens with zero attached hydrogens (tertiary/aromatic N) is 1. The van der Waals surface area contributed by atoms with Gasteiger partial charge in [0.15, 0.2) is 5.60 Å². The monoisotopic (exact) mass is 331 g/mol. The summed E-state index contributed by atoms with van der Waals surface area (Å²) in [6, 6.07) is 23.1. The minimum Gasteiger partial charge on any atom is -0.441 e. The van der Waals surface area contributed by atoms with Crippen LogP contribution in [0.1, 0.15) is 27.0 Å². The summed E-state index contributed by atoms with van der Waals surface area (Å²) in [4.78, 5) is 23.1. The molecule has 3 aromatic carbocycles. The Morgan fingerprint density at radius 3 is 1.92 bits per heavy atom. The number of carbonyl (C=O) groups excluding carboxylic acids is 1. The van der Waals surface area contributed by atoms with Crippen molar-refractivity contribution >= 4 is 11.7 Å². The number of non-ortho nitro benzene ring substituents is 1. The summed E-state index contributed by atoms with van der Waals surface area (Å²) in [7, 11) is 0. The molecule has 0 bridgehead atoms. The minimum atomic E-state index is -1.11. The average molecular weight is 331 g/mol. The van der Waals surface area contributed by atoms with Gasteiger partial charge in [0.2, 0.25) is 0 Å². The van der Waals surface area contributed by atoms with Crippen LogP contribution in [0.5, 0.6) is 0 Å². The van der Waals surface area contributed by atoms with E-state index in [1.807, 2.05) is 60.7 Å². The van der Waals surface area contributed by atoms with E-state index >= 15 is 0 Å². The molecule has 0 saturated carbocycles.